The molecule has 2 atom stereocenters. The van der Waals surface area contributed by atoms with Gasteiger partial charge in [-0.3, -0.25) is 14.7 Å². The number of hydrogen-bond acceptors (Lipinski definition) is 5. The number of carbonyl (C=O) groups is 2. The Balaban J connectivity index is 1.92. The van der Waals surface area contributed by atoms with Crippen molar-refractivity contribution in [3.8, 4) is 11.1 Å². The number of ketones is 1. The van der Waals surface area contributed by atoms with Crippen LogP contribution in [0.5, 0.6) is 0 Å². The minimum atomic E-state index is -0.876. The summed E-state index contributed by atoms with van der Waals surface area (Å²) in [6.45, 7) is 3.39. The monoisotopic (exact) mass is 325 g/mol. The maximum Gasteiger partial charge on any atom is 0.412 e. The van der Waals surface area contributed by atoms with E-state index in [2.05, 4.69) is 4.98 Å². The summed E-state index contributed by atoms with van der Waals surface area (Å²) in [5.41, 5.74) is 9.42. The maximum absolute atomic E-state index is 11.9. The van der Waals surface area contributed by atoms with Gasteiger partial charge in [-0.15, -0.1) is 0 Å². The van der Waals surface area contributed by atoms with E-state index in [4.69, 9.17) is 10.5 Å². The summed E-state index contributed by atoms with van der Waals surface area (Å²) in [4.78, 5) is 29.4. The Labute approximate surface area is 140 Å². The van der Waals surface area contributed by atoms with Gasteiger partial charge in [-0.05, 0) is 25.5 Å². The Kier molecular flexibility index (Phi) is 4.31. The van der Waals surface area contributed by atoms with Crippen molar-refractivity contribution >= 4 is 11.9 Å². The Morgan fingerprint density at radius 1 is 1.21 bits per heavy atom. The van der Waals surface area contributed by atoms with Gasteiger partial charge in [0.15, 0.2) is 11.9 Å². The second-order valence-electron chi connectivity index (χ2n) is 5.85. The number of aromatic nitrogens is 1. The van der Waals surface area contributed by atoms with Crippen molar-refractivity contribution in [1.29, 1.82) is 0 Å². The summed E-state index contributed by atoms with van der Waals surface area (Å²) in [7, 11) is 0. The molecule has 2 N–H and O–H groups in total. The van der Waals surface area contributed by atoms with Crippen molar-refractivity contribution in [1.82, 2.24) is 9.88 Å². The third-order valence-corrected chi connectivity index (χ3v) is 4.16. The van der Waals surface area contributed by atoms with Gasteiger partial charge in [-0.25, -0.2) is 4.79 Å². The first-order valence-electron chi connectivity index (χ1n) is 7.72. The van der Waals surface area contributed by atoms with Crippen LogP contribution in [0.25, 0.3) is 11.1 Å². The standard InChI is InChI=1S/C18H19N3O3/c1-11-3-5-13(6-4-11)14-7-8-15(20-9-14)16-17(12(2)22)24-18(23)21(16)10-19/h3-9,16-17H,10,19H2,1-2H3. The van der Waals surface area contributed by atoms with Crippen LogP contribution in [0.15, 0.2) is 42.6 Å². The fraction of sp³-hybridized carbons (Fsp3) is 0.278. The molecule has 2 heterocycles. The van der Waals surface area contributed by atoms with Gasteiger partial charge >= 0.3 is 6.09 Å². The number of carbonyl (C=O) groups excluding carboxylic acids is 2. The van der Waals surface area contributed by atoms with Crippen molar-refractivity contribution in [2.45, 2.75) is 26.0 Å². The average Bonchev–Trinajstić information content (AvgIpc) is 2.92. The van der Waals surface area contributed by atoms with Crippen LogP contribution in [0, 0.1) is 6.92 Å². The van der Waals surface area contributed by atoms with Gasteiger partial charge in [-0.1, -0.05) is 35.9 Å². The van der Waals surface area contributed by atoms with E-state index in [9.17, 15) is 9.59 Å². The quantitative estimate of drug-likeness (QED) is 0.933. The second-order valence-corrected chi connectivity index (χ2v) is 5.85. The summed E-state index contributed by atoms with van der Waals surface area (Å²) in [5, 5.41) is 0. The zero-order valence-corrected chi connectivity index (χ0v) is 13.6. The van der Waals surface area contributed by atoms with E-state index in [1.54, 1.807) is 12.3 Å². The minimum absolute atomic E-state index is 0.0331. The van der Waals surface area contributed by atoms with E-state index in [1.165, 1.54) is 17.4 Å². The molecule has 0 saturated carbocycles. The maximum atomic E-state index is 11.9. The zero-order valence-electron chi connectivity index (χ0n) is 13.6. The van der Waals surface area contributed by atoms with Crippen LogP contribution >= 0.6 is 0 Å². The molecule has 2 unspecified atom stereocenters. The molecule has 124 valence electrons. The van der Waals surface area contributed by atoms with Crippen LogP contribution in [0.3, 0.4) is 0 Å². The molecule has 0 bridgehead atoms. The highest BCUT2D eigenvalue weighted by molar-refractivity contribution is 5.87. The van der Waals surface area contributed by atoms with E-state index < -0.39 is 18.2 Å². The fourth-order valence-electron chi connectivity index (χ4n) is 2.82. The first-order valence-corrected chi connectivity index (χ1v) is 7.72. The first-order chi connectivity index (χ1) is 11.5. The third kappa shape index (κ3) is 2.88. The zero-order chi connectivity index (χ0) is 17.3. The Hall–Kier alpha value is -2.73. The van der Waals surface area contributed by atoms with Gasteiger partial charge in [-0.2, -0.15) is 0 Å². The van der Waals surface area contributed by atoms with Gasteiger partial charge in [0.05, 0.1) is 12.4 Å². The molecule has 1 aliphatic rings. The smallest absolute Gasteiger partial charge is 0.412 e. The lowest BCUT2D eigenvalue weighted by atomic mass is 10.0. The number of rotatable bonds is 4. The molecular weight excluding hydrogens is 306 g/mol. The lowest BCUT2D eigenvalue weighted by Gasteiger charge is -2.21. The predicted molar refractivity (Wildman–Crippen MR) is 89.0 cm³/mol. The number of ether oxygens (including phenoxy) is 1. The normalized spacial score (nSPS) is 20.1. The SMILES string of the molecule is CC(=O)C1OC(=O)N(CN)C1c1ccc(-c2ccc(C)cc2)cn1. The van der Waals surface area contributed by atoms with E-state index in [0.29, 0.717) is 5.69 Å². The Morgan fingerprint density at radius 2 is 1.88 bits per heavy atom. The molecule has 1 fully saturated rings. The van der Waals surface area contributed by atoms with Gasteiger partial charge < -0.3 is 10.5 Å². The number of amides is 1. The molecule has 1 saturated heterocycles. The summed E-state index contributed by atoms with van der Waals surface area (Å²) in [5.74, 6) is -0.228. The van der Waals surface area contributed by atoms with Crippen LogP contribution in [0.2, 0.25) is 0 Å². The van der Waals surface area contributed by atoms with Crippen molar-refractivity contribution in [3.63, 3.8) is 0 Å². The molecule has 3 rings (SSSR count). The number of Topliss-reactive ketones (excluding diaryl/α,β-unsaturated/α-hetero) is 1. The van der Waals surface area contributed by atoms with E-state index >= 15 is 0 Å². The lowest BCUT2D eigenvalue weighted by molar-refractivity contribution is -0.124. The van der Waals surface area contributed by atoms with Crippen LogP contribution < -0.4 is 5.73 Å². The molecule has 0 aliphatic carbocycles. The summed E-state index contributed by atoms with van der Waals surface area (Å²) in [6.07, 6.45) is 0.264. The van der Waals surface area contributed by atoms with Gasteiger partial charge in [0.2, 0.25) is 0 Å². The van der Waals surface area contributed by atoms with Crippen molar-refractivity contribution in [2.75, 3.05) is 6.67 Å². The predicted octanol–water partition coefficient (Wildman–Crippen LogP) is 2.42. The van der Waals surface area contributed by atoms with Crippen LogP contribution in [0.1, 0.15) is 24.2 Å². The minimum Gasteiger partial charge on any atom is -0.435 e. The van der Waals surface area contributed by atoms with E-state index in [-0.39, 0.29) is 12.5 Å². The average molecular weight is 325 g/mol. The van der Waals surface area contributed by atoms with E-state index in [0.717, 1.165) is 11.1 Å². The van der Waals surface area contributed by atoms with Crippen LogP contribution in [-0.2, 0) is 9.53 Å². The molecule has 6 nitrogen and oxygen atoms in total. The molecule has 24 heavy (non-hydrogen) atoms. The number of cyclic esters (lactones) is 1. The lowest BCUT2D eigenvalue weighted by Crippen LogP contribution is -2.36. The van der Waals surface area contributed by atoms with Crippen molar-refractivity contribution < 1.29 is 14.3 Å². The number of nitrogens with two attached hydrogens (primary N) is 1. The highest BCUT2D eigenvalue weighted by Crippen LogP contribution is 2.32. The molecule has 0 radical (unpaired) electrons. The van der Waals surface area contributed by atoms with Crippen LogP contribution in [-0.4, -0.2) is 34.5 Å². The molecule has 1 aromatic heterocycles. The molecule has 2 aromatic rings. The number of hydrogen-bond donors (Lipinski definition) is 1. The number of benzene rings is 1. The molecule has 1 aromatic carbocycles. The van der Waals surface area contributed by atoms with Gasteiger partial charge in [0, 0.05) is 11.8 Å². The van der Waals surface area contributed by atoms with Crippen LogP contribution in [0.4, 0.5) is 4.79 Å². The third-order valence-electron chi connectivity index (χ3n) is 4.16. The van der Waals surface area contributed by atoms with E-state index in [1.807, 2.05) is 37.3 Å². The molecule has 1 aliphatic heterocycles. The number of aryl methyl sites for hydroxylation is 1. The van der Waals surface area contributed by atoms with Crippen molar-refractivity contribution in [2.24, 2.45) is 5.73 Å². The first kappa shape index (κ1) is 16.1. The largest absolute Gasteiger partial charge is 0.435 e. The highest BCUT2D eigenvalue weighted by atomic mass is 16.6. The van der Waals surface area contributed by atoms with Gasteiger partial charge in [0.25, 0.3) is 0 Å². The molecule has 0 spiro atoms. The number of pyridine rings is 1. The second kappa shape index (κ2) is 6.41. The summed E-state index contributed by atoms with van der Waals surface area (Å²) in [6, 6.07) is 11.3. The topological polar surface area (TPSA) is 85.5 Å². The fourth-order valence-corrected chi connectivity index (χ4v) is 2.82. The molecular formula is C18H19N3O3. The summed E-state index contributed by atoms with van der Waals surface area (Å²) >= 11 is 0. The molecule has 1 amide bonds. The Bertz CT molecular complexity index is 756. The van der Waals surface area contributed by atoms with Crippen molar-refractivity contribution in [3.05, 3.63) is 53.9 Å². The molecule has 6 heteroatoms. The highest BCUT2D eigenvalue weighted by Gasteiger charge is 2.45. The summed E-state index contributed by atoms with van der Waals surface area (Å²) < 4.78 is 5.14. The van der Waals surface area contributed by atoms with Gasteiger partial charge in [0.1, 0.15) is 6.04 Å². The Morgan fingerprint density at radius 3 is 2.42 bits per heavy atom. The number of nitrogens with zero attached hydrogens (tertiary/aromatic N) is 2.